The van der Waals surface area contributed by atoms with Crippen molar-refractivity contribution in [3.8, 4) is 0 Å². The van der Waals surface area contributed by atoms with Gasteiger partial charge in [0.2, 0.25) is 5.91 Å². The summed E-state index contributed by atoms with van der Waals surface area (Å²) in [6.45, 7) is 1.66. The van der Waals surface area contributed by atoms with E-state index in [1.54, 1.807) is 6.92 Å². The van der Waals surface area contributed by atoms with E-state index in [0.29, 0.717) is 11.3 Å². The molecule has 0 aliphatic heterocycles. The lowest BCUT2D eigenvalue weighted by molar-refractivity contribution is -0.115. The number of rotatable bonds is 5. The maximum Gasteiger partial charge on any atom is 0.238 e. The van der Waals surface area contributed by atoms with Gasteiger partial charge in [0, 0.05) is 11.7 Å². The molecule has 0 aromatic heterocycles. The summed E-state index contributed by atoms with van der Waals surface area (Å²) in [5, 5.41) is 5.34. The molecular formula is C16H14ClF3N2O. The number of benzene rings is 2. The second kappa shape index (κ2) is 7.48. The summed E-state index contributed by atoms with van der Waals surface area (Å²) in [7, 11) is 0. The molecule has 122 valence electrons. The maximum atomic E-state index is 13.2. The smallest absolute Gasteiger partial charge is 0.238 e. The van der Waals surface area contributed by atoms with Crippen LogP contribution in [0.15, 0.2) is 36.4 Å². The van der Waals surface area contributed by atoms with Gasteiger partial charge in [0.25, 0.3) is 0 Å². The largest absolute Gasteiger partial charge is 0.325 e. The van der Waals surface area contributed by atoms with Gasteiger partial charge >= 0.3 is 0 Å². The summed E-state index contributed by atoms with van der Waals surface area (Å²) in [6, 6.07) is 7.02. The molecule has 1 atom stereocenters. The summed E-state index contributed by atoms with van der Waals surface area (Å²) >= 11 is 5.62. The highest BCUT2D eigenvalue weighted by Crippen LogP contribution is 2.19. The first-order valence-corrected chi connectivity index (χ1v) is 7.18. The Balaban J connectivity index is 1.90. The Hall–Kier alpha value is -2.05. The van der Waals surface area contributed by atoms with Gasteiger partial charge in [-0.1, -0.05) is 17.7 Å². The van der Waals surface area contributed by atoms with E-state index in [2.05, 4.69) is 10.6 Å². The fourth-order valence-corrected chi connectivity index (χ4v) is 2.10. The van der Waals surface area contributed by atoms with Gasteiger partial charge in [0.05, 0.1) is 11.6 Å². The van der Waals surface area contributed by atoms with E-state index in [4.69, 9.17) is 11.6 Å². The molecule has 2 aromatic rings. The molecule has 7 heteroatoms. The fourth-order valence-electron chi connectivity index (χ4n) is 1.92. The summed E-state index contributed by atoms with van der Waals surface area (Å²) < 4.78 is 39.1. The lowest BCUT2D eigenvalue weighted by Gasteiger charge is -2.14. The van der Waals surface area contributed by atoms with Crippen LogP contribution in [0, 0.1) is 17.5 Å². The van der Waals surface area contributed by atoms with Crippen LogP contribution in [0.3, 0.4) is 0 Å². The zero-order valence-corrected chi connectivity index (χ0v) is 12.9. The third-order valence-corrected chi connectivity index (χ3v) is 3.51. The highest BCUT2D eigenvalue weighted by molar-refractivity contribution is 6.31. The molecule has 2 N–H and O–H groups in total. The van der Waals surface area contributed by atoms with Crippen molar-refractivity contribution in [2.24, 2.45) is 0 Å². The van der Waals surface area contributed by atoms with Crippen molar-refractivity contribution in [1.29, 1.82) is 0 Å². The van der Waals surface area contributed by atoms with E-state index in [9.17, 15) is 18.0 Å². The molecule has 0 aliphatic carbocycles. The molecule has 0 bridgehead atoms. The molecule has 0 heterocycles. The zero-order chi connectivity index (χ0) is 17.0. The highest BCUT2D eigenvalue weighted by atomic mass is 35.5. The van der Waals surface area contributed by atoms with E-state index >= 15 is 0 Å². The summed E-state index contributed by atoms with van der Waals surface area (Å²) in [5.74, 6) is -2.81. The lowest BCUT2D eigenvalue weighted by atomic mass is 10.1. The molecule has 0 saturated heterocycles. The second-order valence-corrected chi connectivity index (χ2v) is 5.36. The van der Waals surface area contributed by atoms with Gasteiger partial charge in [-0.15, -0.1) is 0 Å². The zero-order valence-electron chi connectivity index (χ0n) is 12.2. The molecule has 0 radical (unpaired) electrons. The van der Waals surface area contributed by atoms with Crippen molar-refractivity contribution in [2.45, 2.75) is 13.0 Å². The number of anilines is 1. The van der Waals surface area contributed by atoms with Crippen LogP contribution in [0.4, 0.5) is 18.9 Å². The van der Waals surface area contributed by atoms with E-state index in [1.165, 1.54) is 18.2 Å². The predicted octanol–water partition coefficient (Wildman–Crippen LogP) is 4.05. The van der Waals surface area contributed by atoms with Crippen molar-refractivity contribution in [3.05, 3.63) is 64.4 Å². The third kappa shape index (κ3) is 4.71. The molecular weight excluding hydrogens is 329 g/mol. The average molecular weight is 343 g/mol. The van der Waals surface area contributed by atoms with Crippen LogP contribution in [-0.4, -0.2) is 12.5 Å². The van der Waals surface area contributed by atoms with Crippen molar-refractivity contribution in [1.82, 2.24) is 5.32 Å². The molecule has 0 spiro atoms. The molecule has 0 unspecified atom stereocenters. The van der Waals surface area contributed by atoms with Gasteiger partial charge in [-0.2, -0.15) is 0 Å². The Morgan fingerprint density at radius 3 is 2.43 bits per heavy atom. The topological polar surface area (TPSA) is 41.1 Å². The van der Waals surface area contributed by atoms with Crippen LogP contribution >= 0.6 is 11.6 Å². The number of hydrogen-bond acceptors (Lipinski definition) is 2. The number of carbonyl (C=O) groups excluding carboxylic acids is 1. The minimum atomic E-state index is -0.943. The second-order valence-electron chi connectivity index (χ2n) is 4.95. The average Bonchev–Trinajstić information content (AvgIpc) is 2.51. The quantitative estimate of drug-likeness (QED) is 0.860. The van der Waals surface area contributed by atoms with Gasteiger partial charge in [-0.05, 0) is 42.8 Å². The number of hydrogen-bond donors (Lipinski definition) is 2. The van der Waals surface area contributed by atoms with Crippen molar-refractivity contribution in [3.63, 3.8) is 0 Å². The van der Waals surface area contributed by atoms with Gasteiger partial charge in [-0.3, -0.25) is 4.79 Å². The third-order valence-electron chi connectivity index (χ3n) is 3.22. The Morgan fingerprint density at radius 2 is 1.78 bits per heavy atom. The first-order chi connectivity index (χ1) is 10.9. The molecule has 0 aliphatic rings. The van der Waals surface area contributed by atoms with Crippen LogP contribution in [0.2, 0.25) is 5.02 Å². The van der Waals surface area contributed by atoms with Crippen LogP contribution in [0.25, 0.3) is 0 Å². The Kier molecular flexibility index (Phi) is 5.63. The molecule has 0 saturated carbocycles. The Labute approximate surface area is 136 Å². The van der Waals surface area contributed by atoms with Crippen molar-refractivity contribution in [2.75, 3.05) is 11.9 Å². The standard InChI is InChI=1S/C16H14ClF3N2O/c1-9(10-2-4-14(19)15(20)6-10)21-8-16(23)22-11-3-5-13(18)12(17)7-11/h2-7,9,21H,8H2,1H3,(H,22,23)/t9-/m1/s1. The predicted molar refractivity (Wildman–Crippen MR) is 82.8 cm³/mol. The molecule has 0 fully saturated rings. The lowest BCUT2D eigenvalue weighted by Crippen LogP contribution is -2.30. The van der Waals surface area contributed by atoms with Crippen LogP contribution in [0.5, 0.6) is 0 Å². The summed E-state index contributed by atoms with van der Waals surface area (Å²) in [5.41, 5.74) is 0.880. The minimum Gasteiger partial charge on any atom is -0.325 e. The van der Waals surface area contributed by atoms with Gasteiger partial charge in [0.1, 0.15) is 5.82 Å². The van der Waals surface area contributed by atoms with Crippen LogP contribution in [0.1, 0.15) is 18.5 Å². The summed E-state index contributed by atoms with van der Waals surface area (Å²) in [6.07, 6.45) is 0. The molecule has 3 nitrogen and oxygen atoms in total. The number of amides is 1. The van der Waals surface area contributed by atoms with Crippen molar-refractivity contribution >= 4 is 23.2 Å². The first-order valence-electron chi connectivity index (χ1n) is 6.80. The molecule has 2 aromatic carbocycles. The number of carbonyl (C=O) groups is 1. The van der Waals surface area contributed by atoms with E-state index in [0.717, 1.165) is 18.2 Å². The van der Waals surface area contributed by atoms with E-state index in [1.807, 2.05) is 0 Å². The molecule has 2 rings (SSSR count). The highest BCUT2D eigenvalue weighted by Gasteiger charge is 2.11. The Morgan fingerprint density at radius 1 is 1.09 bits per heavy atom. The van der Waals surface area contributed by atoms with Crippen molar-refractivity contribution < 1.29 is 18.0 Å². The maximum absolute atomic E-state index is 13.2. The van der Waals surface area contributed by atoms with E-state index < -0.39 is 17.5 Å². The summed E-state index contributed by atoms with van der Waals surface area (Å²) in [4.78, 5) is 11.8. The van der Waals surface area contributed by atoms with Gasteiger partial charge < -0.3 is 10.6 Å². The van der Waals surface area contributed by atoms with Gasteiger partial charge in [-0.25, -0.2) is 13.2 Å². The first kappa shape index (κ1) is 17.3. The molecule has 1 amide bonds. The monoisotopic (exact) mass is 342 g/mol. The van der Waals surface area contributed by atoms with E-state index in [-0.39, 0.29) is 23.5 Å². The SMILES string of the molecule is C[C@@H](NCC(=O)Nc1ccc(F)c(Cl)c1)c1ccc(F)c(F)c1. The number of halogens is 4. The Bertz CT molecular complexity index is 724. The molecule has 23 heavy (non-hydrogen) atoms. The minimum absolute atomic E-state index is 0.0604. The fraction of sp³-hybridized carbons (Fsp3) is 0.188. The normalized spacial score (nSPS) is 12.0. The number of nitrogens with one attached hydrogen (secondary N) is 2. The van der Waals surface area contributed by atoms with Gasteiger partial charge in [0.15, 0.2) is 11.6 Å². The van der Waals surface area contributed by atoms with Crippen LogP contribution in [-0.2, 0) is 4.79 Å². The van der Waals surface area contributed by atoms with Crippen LogP contribution < -0.4 is 10.6 Å².